The van der Waals surface area contributed by atoms with Crippen molar-refractivity contribution in [2.24, 2.45) is 0 Å². The number of sulfonamides is 1. The van der Waals surface area contributed by atoms with Crippen LogP contribution < -0.4 is 9.62 Å². The van der Waals surface area contributed by atoms with Gasteiger partial charge in [-0.1, -0.05) is 6.07 Å². The third-order valence-electron chi connectivity index (χ3n) is 3.29. The molecule has 116 valence electrons. The van der Waals surface area contributed by atoms with Gasteiger partial charge in [0.05, 0.1) is 11.2 Å². The maximum absolute atomic E-state index is 13.6. The zero-order valence-corrected chi connectivity index (χ0v) is 12.3. The second kappa shape index (κ2) is 5.94. The molecule has 0 radical (unpaired) electrons. The van der Waals surface area contributed by atoms with E-state index in [0.717, 1.165) is 12.3 Å². The maximum atomic E-state index is 13.6. The third kappa shape index (κ3) is 3.88. The number of nitrogens with zero attached hydrogens (tertiary/aromatic N) is 2. The number of nitrogens with one attached hydrogen (secondary N) is 1. The van der Waals surface area contributed by atoms with Crippen LogP contribution in [0.2, 0.25) is 0 Å². The van der Waals surface area contributed by atoms with Crippen LogP contribution in [0.3, 0.4) is 0 Å². The monoisotopic (exact) mass is 317 g/mol. The molecule has 1 atom stereocenters. The molecule has 0 amide bonds. The van der Waals surface area contributed by atoms with Crippen LogP contribution in [0.5, 0.6) is 0 Å². The molecule has 0 bridgehead atoms. The topological polar surface area (TPSA) is 92.6 Å². The Kier molecular flexibility index (Phi) is 4.43. The predicted octanol–water partition coefficient (Wildman–Crippen LogP) is 1.25. The highest BCUT2D eigenvalue weighted by atomic mass is 32.2. The summed E-state index contributed by atoms with van der Waals surface area (Å²) >= 11 is 0. The number of hydrogen-bond acceptors (Lipinski definition) is 5. The van der Waals surface area contributed by atoms with Gasteiger partial charge in [0, 0.05) is 19.1 Å². The van der Waals surface area contributed by atoms with Gasteiger partial charge in [0.1, 0.15) is 5.69 Å². The van der Waals surface area contributed by atoms with Crippen molar-refractivity contribution < 1.29 is 17.7 Å². The van der Waals surface area contributed by atoms with E-state index >= 15 is 0 Å². The minimum atomic E-state index is -3.35. The van der Waals surface area contributed by atoms with Gasteiger partial charge in [-0.2, -0.15) is 4.39 Å². The fraction of sp³-hybridized carbons (Fsp3) is 0.500. The van der Waals surface area contributed by atoms with Gasteiger partial charge in [-0.25, -0.2) is 13.1 Å². The highest BCUT2D eigenvalue weighted by Gasteiger charge is 2.29. The van der Waals surface area contributed by atoms with Crippen LogP contribution in [-0.2, 0) is 10.0 Å². The standard InChI is InChI=1S/C12H16FN3O4S/c1-21(19,20)14-9-4-3-7-15(8-9)11-6-2-5-10(13)12(11)16(17)18/h2,5-6,9,14H,3-4,7-8H2,1H3. The largest absolute Gasteiger partial charge is 0.364 e. The lowest BCUT2D eigenvalue weighted by atomic mass is 10.1. The Morgan fingerprint density at radius 3 is 2.81 bits per heavy atom. The molecular weight excluding hydrogens is 301 g/mol. The summed E-state index contributed by atoms with van der Waals surface area (Å²) in [6, 6.07) is 3.59. The summed E-state index contributed by atoms with van der Waals surface area (Å²) in [6.45, 7) is 0.795. The fourth-order valence-electron chi connectivity index (χ4n) is 2.53. The zero-order valence-electron chi connectivity index (χ0n) is 11.5. The molecule has 0 saturated carbocycles. The minimum absolute atomic E-state index is 0.181. The van der Waals surface area contributed by atoms with E-state index in [0.29, 0.717) is 19.4 Å². The Bertz CT molecular complexity index is 650. The van der Waals surface area contributed by atoms with Crippen molar-refractivity contribution >= 4 is 21.4 Å². The first-order valence-corrected chi connectivity index (χ1v) is 8.32. The number of anilines is 1. The van der Waals surface area contributed by atoms with Crippen molar-refractivity contribution in [3.05, 3.63) is 34.1 Å². The number of nitro benzene ring substituents is 1. The van der Waals surface area contributed by atoms with Gasteiger partial charge < -0.3 is 4.90 Å². The Hall–Kier alpha value is -1.74. The molecular formula is C12H16FN3O4S. The van der Waals surface area contributed by atoms with E-state index in [-0.39, 0.29) is 18.3 Å². The molecule has 1 aromatic carbocycles. The first-order valence-electron chi connectivity index (χ1n) is 6.43. The van der Waals surface area contributed by atoms with Crippen LogP contribution in [0.15, 0.2) is 18.2 Å². The summed E-state index contributed by atoms with van der Waals surface area (Å²) < 4.78 is 38.7. The van der Waals surface area contributed by atoms with Gasteiger partial charge in [0.2, 0.25) is 15.8 Å². The summed E-state index contributed by atoms with van der Waals surface area (Å²) in [5.74, 6) is -0.893. The SMILES string of the molecule is CS(=O)(=O)NC1CCCN(c2cccc(F)c2[N+](=O)[O-])C1. The Labute approximate surface area is 122 Å². The molecule has 1 fully saturated rings. The van der Waals surface area contributed by atoms with Crippen LogP contribution in [0.25, 0.3) is 0 Å². The number of halogens is 1. The van der Waals surface area contributed by atoms with E-state index in [1.54, 1.807) is 4.90 Å². The lowest BCUT2D eigenvalue weighted by Crippen LogP contribution is -2.47. The molecule has 7 nitrogen and oxygen atoms in total. The van der Waals surface area contributed by atoms with Crippen molar-refractivity contribution in [2.75, 3.05) is 24.2 Å². The van der Waals surface area contributed by atoms with Gasteiger partial charge in [-0.3, -0.25) is 10.1 Å². The Morgan fingerprint density at radius 1 is 1.48 bits per heavy atom. The molecule has 1 aliphatic heterocycles. The number of hydrogen-bond donors (Lipinski definition) is 1. The Morgan fingerprint density at radius 2 is 2.19 bits per heavy atom. The molecule has 1 aromatic rings. The minimum Gasteiger partial charge on any atom is -0.364 e. The van der Waals surface area contributed by atoms with Gasteiger partial charge >= 0.3 is 5.69 Å². The van der Waals surface area contributed by atoms with Crippen LogP contribution in [-0.4, -0.2) is 38.7 Å². The van der Waals surface area contributed by atoms with Crippen LogP contribution >= 0.6 is 0 Å². The van der Waals surface area contributed by atoms with Gasteiger partial charge in [0.25, 0.3) is 0 Å². The second-order valence-corrected chi connectivity index (χ2v) is 6.82. The molecule has 1 N–H and O–H groups in total. The number of piperidine rings is 1. The first-order chi connectivity index (χ1) is 9.78. The quantitative estimate of drug-likeness (QED) is 0.666. The Balaban J connectivity index is 2.26. The van der Waals surface area contributed by atoms with Gasteiger partial charge in [0.15, 0.2) is 0 Å². The molecule has 0 aliphatic carbocycles. The summed E-state index contributed by atoms with van der Waals surface area (Å²) in [4.78, 5) is 11.9. The van der Waals surface area contributed by atoms with E-state index in [1.165, 1.54) is 12.1 Å². The lowest BCUT2D eigenvalue weighted by molar-refractivity contribution is -0.386. The average molecular weight is 317 g/mol. The maximum Gasteiger partial charge on any atom is 0.327 e. The van der Waals surface area contributed by atoms with Gasteiger partial charge in [-0.15, -0.1) is 0 Å². The van der Waals surface area contributed by atoms with Crippen LogP contribution in [0, 0.1) is 15.9 Å². The van der Waals surface area contributed by atoms with E-state index in [4.69, 9.17) is 0 Å². The number of para-hydroxylation sites is 1. The van der Waals surface area contributed by atoms with Crippen molar-refractivity contribution in [1.82, 2.24) is 4.72 Å². The molecule has 1 heterocycles. The van der Waals surface area contributed by atoms with E-state index in [1.807, 2.05) is 0 Å². The number of benzene rings is 1. The first kappa shape index (κ1) is 15.6. The molecule has 21 heavy (non-hydrogen) atoms. The fourth-order valence-corrected chi connectivity index (χ4v) is 3.33. The molecule has 2 rings (SSSR count). The summed E-state index contributed by atoms with van der Waals surface area (Å²) in [5, 5.41) is 11.0. The molecule has 0 aromatic heterocycles. The molecule has 1 unspecified atom stereocenters. The molecule has 0 spiro atoms. The normalized spacial score (nSPS) is 19.5. The average Bonchev–Trinajstić information content (AvgIpc) is 2.36. The van der Waals surface area contributed by atoms with Crippen LogP contribution in [0.1, 0.15) is 12.8 Å². The predicted molar refractivity (Wildman–Crippen MR) is 76.3 cm³/mol. The lowest BCUT2D eigenvalue weighted by Gasteiger charge is -2.34. The third-order valence-corrected chi connectivity index (χ3v) is 4.05. The van der Waals surface area contributed by atoms with Crippen molar-refractivity contribution in [2.45, 2.75) is 18.9 Å². The van der Waals surface area contributed by atoms with Crippen molar-refractivity contribution in [3.8, 4) is 0 Å². The summed E-state index contributed by atoms with van der Waals surface area (Å²) in [6.07, 6.45) is 2.38. The van der Waals surface area contributed by atoms with Crippen molar-refractivity contribution in [3.63, 3.8) is 0 Å². The number of nitro groups is 1. The van der Waals surface area contributed by atoms with Crippen molar-refractivity contribution in [1.29, 1.82) is 0 Å². The van der Waals surface area contributed by atoms with E-state index < -0.39 is 26.5 Å². The summed E-state index contributed by atoms with van der Waals surface area (Å²) in [5.41, 5.74) is -0.391. The zero-order chi connectivity index (χ0) is 15.6. The van der Waals surface area contributed by atoms with Gasteiger partial charge in [-0.05, 0) is 25.0 Å². The highest BCUT2D eigenvalue weighted by molar-refractivity contribution is 7.88. The smallest absolute Gasteiger partial charge is 0.327 e. The molecule has 1 aliphatic rings. The number of rotatable bonds is 4. The summed E-state index contributed by atoms with van der Waals surface area (Å²) in [7, 11) is -3.35. The molecule has 1 saturated heterocycles. The van der Waals surface area contributed by atoms with E-state index in [2.05, 4.69) is 4.72 Å². The van der Waals surface area contributed by atoms with Crippen LogP contribution in [0.4, 0.5) is 15.8 Å². The van der Waals surface area contributed by atoms with E-state index in [9.17, 15) is 22.9 Å². The highest BCUT2D eigenvalue weighted by Crippen LogP contribution is 2.32. The molecule has 9 heteroatoms. The second-order valence-electron chi connectivity index (χ2n) is 5.04.